The van der Waals surface area contributed by atoms with E-state index in [9.17, 15) is 8.78 Å². The molecular weight excluding hydrogens is 461 g/mol. The lowest BCUT2D eigenvalue weighted by molar-refractivity contribution is 0.579. The molecular formula is C17H20ClF2IN4. The Kier molecular flexibility index (Phi) is 9.66. The molecule has 0 aliphatic rings. The minimum Gasteiger partial charge on any atom is -0.356 e. The van der Waals surface area contributed by atoms with E-state index in [1.54, 1.807) is 19.3 Å². The molecule has 0 saturated carbocycles. The van der Waals surface area contributed by atoms with Crippen molar-refractivity contribution < 1.29 is 8.78 Å². The Morgan fingerprint density at radius 2 is 1.64 bits per heavy atom. The molecule has 2 rings (SSSR count). The van der Waals surface area contributed by atoms with Gasteiger partial charge in [-0.25, -0.2) is 13.8 Å². The summed E-state index contributed by atoms with van der Waals surface area (Å²) in [5.41, 5.74) is 1.67. The van der Waals surface area contributed by atoms with Crippen LogP contribution in [-0.2, 0) is 12.8 Å². The second-order valence-electron chi connectivity index (χ2n) is 5.19. The summed E-state index contributed by atoms with van der Waals surface area (Å²) < 4.78 is 26.2. The molecule has 0 fully saturated rings. The highest BCUT2D eigenvalue weighted by molar-refractivity contribution is 14.0. The molecule has 136 valence electrons. The first kappa shape index (κ1) is 21.6. The molecule has 0 saturated heterocycles. The Morgan fingerprint density at radius 3 is 2.16 bits per heavy atom. The van der Waals surface area contributed by atoms with Gasteiger partial charge in [0.15, 0.2) is 5.96 Å². The molecule has 2 aromatic rings. The number of hydrogen-bond donors (Lipinski definition) is 2. The third-order valence-corrected chi connectivity index (χ3v) is 3.57. The minimum atomic E-state index is -0.566. The largest absolute Gasteiger partial charge is 0.356 e. The fourth-order valence-corrected chi connectivity index (χ4v) is 2.29. The molecule has 0 bridgehead atoms. The van der Waals surface area contributed by atoms with Gasteiger partial charge in [0.1, 0.15) is 16.8 Å². The molecule has 8 heteroatoms. The zero-order valence-electron chi connectivity index (χ0n) is 13.7. The number of aromatic nitrogens is 1. The Hall–Kier alpha value is -1.48. The van der Waals surface area contributed by atoms with Gasteiger partial charge in [0, 0.05) is 32.4 Å². The van der Waals surface area contributed by atoms with Crippen LogP contribution in [0.5, 0.6) is 0 Å². The van der Waals surface area contributed by atoms with E-state index < -0.39 is 11.6 Å². The van der Waals surface area contributed by atoms with Gasteiger partial charge >= 0.3 is 0 Å². The Balaban J connectivity index is 0.00000312. The highest BCUT2D eigenvalue weighted by Crippen LogP contribution is 2.08. The zero-order chi connectivity index (χ0) is 17.4. The van der Waals surface area contributed by atoms with Crippen LogP contribution >= 0.6 is 35.6 Å². The first-order valence-electron chi connectivity index (χ1n) is 7.57. The number of aliphatic imine (C=N–C) groups is 1. The van der Waals surface area contributed by atoms with E-state index >= 15 is 0 Å². The van der Waals surface area contributed by atoms with Crippen LogP contribution < -0.4 is 10.6 Å². The smallest absolute Gasteiger partial charge is 0.190 e. The van der Waals surface area contributed by atoms with E-state index in [-0.39, 0.29) is 24.0 Å². The topological polar surface area (TPSA) is 49.3 Å². The van der Waals surface area contributed by atoms with E-state index in [4.69, 9.17) is 11.6 Å². The Bertz CT molecular complexity index is 675. The minimum absolute atomic E-state index is 0. The molecule has 0 aliphatic carbocycles. The standard InChI is InChI=1S/C17H19ClF2N4.HI/c1-21-17(22-6-4-12-2-3-16(18)24-11-12)23-7-5-13-8-14(19)10-15(20)9-13;/h2-3,8-11H,4-7H2,1H3,(H2,21,22,23);1H. The highest BCUT2D eigenvalue weighted by Gasteiger charge is 2.02. The number of rotatable bonds is 6. The van der Waals surface area contributed by atoms with Crippen molar-refractivity contribution in [2.45, 2.75) is 12.8 Å². The molecule has 0 amide bonds. The van der Waals surface area contributed by atoms with Crippen molar-refractivity contribution in [3.05, 3.63) is 64.4 Å². The summed E-state index contributed by atoms with van der Waals surface area (Å²) in [7, 11) is 1.67. The summed E-state index contributed by atoms with van der Waals surface area (Å²) in [6, 6.07) is 7.19. The van der Waals surface area contributed by atoms with Crippen LogP contribution in [0.2, 0.25) is 5.15 Å². The molecule has 0 unspecified atom stereocenters. The lowest BCUT2D eigenvalue weighted by Gasteiger charge is -2.12. The fraction of sp³-hybridized carbons (Fsp3) is 0.294. The number of guanidine groups is 1. The molecule has 0 atom stereocenters. The van der Waals surface area contributed by atoms with Crippen LogP contribution in [-0.4, -0.2) is 31.1 Å². The van der Waals surface area contributed by atoms with Crippen molar-refractivity contribution in [2.24, 2.45) is 4.99 Å². The number of benzene rings is 1. The summed E-state index contributed by atoms with van der Waals surface area (Å²) in [6.07, 6.45) is 3.01. The van der Waals surface area contributed by atoms with Gasteiger partial charge in [-0.1, -0.05) is 17.7 Å². The van der Waals surface area contributed by atoms with Crippen LogP contribution in [0.4, 0.5) is 8.78 Å². The van der Waals surface area contributed by atoms with Crippen LogP contribution in [0.15, 0.2) is 41.5 Å². The van der Waals surface area contributed by atoms with E-state index in [0.717, 1.165) is 18.1 Å². The molecule has 1 aromatic carbocycles. The van der Waals surface area contributed by atoms with E-state index in [0.29, 0.717) is 36.2 Å². The molecule has 2 N–H and O–H groups in total. The quantitative estimate of drug-likeness (QED) is 0.288. The summed E-state index contributed by atoms with van der Waals surface area (Å²) in [6.45, 7) is 1.20. The lowest BCUT2D eigenvalue weighted by Crippen LogP contribution is -2.39. The van der Waals surface area contributed by atoms with Crippen molar-refractivity contribution in [3.8, 4) is 0 Å². The first-order chi connectivity index (χ1) is 11.6. The van der Waals surface area contributed by atoms with E-state index in [1.165, 1.54) is 12.1 Å². The Labute approximate surface area is 168 Å². The fourth-order valence-electron chi connectivity index (χ4n) is 2.18. The third kappa shape index (κ3) is 7.96. The average Bonchev–Trinajstić information content (AvgIpc) is 2.54. The summed E-state index contributed by atoms with van der Waals surface area (Å²) in [5.74, 6) is -0.498. The molecule has 4 nitrogen and oxygen atoms in total. The lowest BCUT2D eigenvalue weighted by atomic mass is 10.1. The van der Waals surface area contributed by atoms with Crippen LogP contribution in [0.25, 0.3) is 0 Å². The molecule has 0 aliphatic heterocycles. The molecule has 25 heavy (non-hydrogen) atoms. The maximum absolute atomic E-state index is 13.1. The number of nitrogens with zero attached hydrogens (tertiary/aromatic N) is 2. The average molecular weight is 481 g/mol. The van der Waals surface area contributed by atoms with Crippen LogP contribution in [0, 0.1) is 11.6 Å². The van der Waals surface area contributed by atoms with E-state index in [1.807, 2.05) is 6.07 Å². The molecule has 0 radical (unpaired) electrons. The van der Waals surface area contributed by atoms with Crippen molar-refractivity contribution in [1.82, 2.24) is 15.6 Å². The summed E-state index contributed by atoms with van der Waals surface area (Å²) in [5, 5.41) is 6.75. The van der Waals surface area contributed by atoms with Crippen molar-refractivity contribution in [3.63, 3.8) is 0 Å². The van der Waals surface area contributed by atoms with Gasteiger partial charge in [0.2, 0.25) is 0 Å². The molecule has 1 heterocycles. The van der Waals surface area contributed by atoms with Gasteiger partial charge in [0.25, 0.3) is 0 Å². The summed E-state index contributed by atoms with van der Waals surface area (Å²) >= 11 is 5.74. The summed E-state index contributed by atoms with van der Waals surface area (Å²) in [4.78, 5) is 8.13. The highest BCUT2D eigenvalue weighted by atomic mass is 127. The second-order valence-corrected chi connectivity index (χ2v) is 5.58. The molecule has 1 aromatic heterocycles. The first-order valence-corrected chi connectivity index (χ1v) is 7.94. The number of hydrogen-bond acceptors (Lipinski definition) is 2. The van der Waals surface area contributed by atoms with Gasteiger partial charge in [-0.2, -0.15) is 0 Å². The number of pyridine rings is 1. The van der Waals surface area contributed by atoms with Gasteiger partial charge < -0.3 is 10.6 Å². The predicted molar refractivity (Wildman–Crippen MR) is 108 cm³/mol. The van der Waals surface area contributed by atoms with Crippen LogP contribution in [0.1, 0.15) is 11.1 Å². The van der Waals surface area contributed by atoms with Gasteiger partial charge in [-0.05, 0) is 42.2 Å². The van der Waals surface area contributed by atoms with Gasteiger partial charge in [-0.15, -0.1) is 24.0 Å². The van der Waals surface area contributed by atoms with Gasteiger partial charge in [0.05, 0.1) is 0 Å². The normalized spacial score (nSPS) is 11.0. The predicted octanol–water partition coefficient (Wildman–Crippen LogP) is 3.58. The zero-order valence-corrected chi connectivity index (χ0v) is 16.8. The van der Waals surface area contributed by atoms with Crippen molar-refractivity contribution in [2.75, 3.05) is 20.1 Å². The maximum Gasteiger partial charge on any atom is 0.190 e. The van der Waals surface area contributed by atoms with Gasteiger partial charge in [-0.3, -0.25) is 4.99 Å². The van der Waals surface area contributed by atoms with Crippen LogP contribution in [0.3, 0.4) is 0 Å². The maximum atomic E-state index is 13.1. The Morgan fingerprint density at radius 1 is 1.04 bits per heavy atom. The van der Waals surface area contributed by atoms with Crippen molar-refractivity contribution >= 4 is 41.5 Å². The van der Waals surface area contributed by atoms with Crippen molar-refractivity contribution in [1.29, 1.82) is 0 Å². The second kappa shape index (κ2) is 11.2. The van der Waals surface area contributed by atoms with E-state index in [2.05, 4.69) is 20.6 Å². The molecule has 0 spiro atoms. The number of nitrogens with one attached hydrogen (secondary N) is 2. The monoisotopic (exact) mass is 480 g/mol. The SMILES string of the molecule is CN=C(NCCc1ccc(Cl)nc1)NCCc1cc(F)cc(F)c1.I. The third-order valence-electron chi connectivity index (χ3n) is 3.35. The number of halogens is 4.